The second kappa shape index (κ2) is 5.56. The van der Waals surface area contributed by atoms with E-state index in [1.54, 1.807) is 24.3 Å². The minimum Gasteiger partial charge on any atom is -0.366 e. The number of hydrogen-bond donors (Lipinski definition) is 1. The zero-order valence-electron chi connectivity index (χ0n) is 11.1. The van der Waals surface area contributed by atoms with Crippen molar-refractivity contribution in [2.45, 2.75) is 20.0 Å². The Morgan fingerprint density at radius 2 is 2.00 bits per heavy atom. The molecule has 2 rings (SSSR count). The molecule has 1 aromatic carbocycles. The number of carbonyl (C=O) groups excluding carboxylic acids is 1. The molecule has 0 atom stereocenters. The van der Waals surface area contributed by atoms with Crippen molar-refractivity contribution >= 4 is 5.91 Å². The number of aromatic nitrogens is 2. The maximum Gasteiger partial charge on any atom is 0.331 e. The van der Waals surface area contributed by atoms with Crippen LogP contribution < -0.4 is 17.0 Å². The lowest BCUT2D eigenvalue weighted by atomic mass is 10.1. The molecule has 1 amide bonds. The Hall–Kier alpha value is -2.63. The largest absolute Gasteiger partial charge is 0.366 e. The van der Waals surface area contributed by atoms with E-state index in [1.807, 2.05) is 6.92 Å². The van der Waals surface area contributed by atoms with Gasteiger partial charge in [-0.15, -0.1) is 0 Å². The number of nitrogens with zero attached hydrogens (tertiary/aromatic N) is 2. The summed E-state index contributed by atoms with van der Waals surface area (Å²) in [6.45, 7) is 2.42. The molecule has 0 saturated carbocycles. The molecule has 104 valence electrons. The van der Waals surface area contributed by atoms with E-state index in [0.29, 0.717) is 17.7 Å². The molecule has 2 aromatic rings. The van der Waals surface area contributed by atoms with Crippen LogP contribution in [0.15, 0.2) is 46.1 Å². The van der Waals surface area contributed by atoms with Crippen molar-refractivity contribution < 1.29 is 4.79 Å². The maximum absolute atomic E-state index is 12.1. The molecule has 0 fully saturated rings. The van der Waals surface area contributed by atoms with Gasteiger partial charge in [0, 0.05) is 24.4 Å². The summed E-state index contributed by atoms with van der Waals surface area (Å²) in [6.07, 6.45) is 1.47. The smallest absolute Gasteiger partial charge is 0.331 e. The molecule has 0 aliphatic rings. The number of nitrogens with two attached hydrogens (primary N) is 1. The highest BCUT2D eigenvalue weighted by Crippen LogP contribution is 2.05. The molecule has 6 nitrogen and oxygen atoms in total. The van der Waals surface area contributed by atoms with Gasteiger partial charge in [0.2, 0.25) is 5.91 Å². The summed E-state index contributed by atoms with van der Waals surface area (Å²) in [4.78, 5) is 35.0. The Bertz CT molecular complexity index is 759. The summed E-state index contributed by atoms with van der Waals surface area (Å²) < 4.78 is 2.57. The lowest BCUT2D eigenvalue weighted by molar-refractivity contribution is 0.1000. The second-order valence-electron chi connectivity index (χ2n) is 4.37. The SMILES string of the molecule is CCn1ccc(=O)n(Cc2cccc(C(N)=O)c2)c1=O. The predicted octanol–water partition coefficient (Wildman–Crippen LogP) is 0.177. The van der Waals surface area contributed by atoms with E-state index in [4.69, 9.17) is 5.73 Å². The van der Waals surface area contributed by atoms with Gasteiger partial charge >= 0.3 is 5.69 Å². The summed E-state index contributed by atoms with van der Waals surface area (Å²) in [7, 11) is 0. The van der Waals surface area contributed by atoms with E-state index in [1.165, 1.54) is 16.8 Å². The molecule has 0 saturated heterocycles. The Kier molecular flexibility index (Phi) is 3.84. The topological polar surface area (TPSA) is 87.1 Å². The minimum atomic E-state index is -0.543. The van der Waals surface area contributed by atoms with E-state index in [9.17, 15) is 14.4 Å². The number of aryl methyl sites for hydroxylation is 1. The molecular weight excluding hydrogens is 258 g/mol. The van der Waals surface area contributed by atoms with Gasteiger partial charge in [-0.2, -0.15) is 0 Å². The Labute approximate surface area is 115 Å². The lowest BCUT2D eigenvalue weighted by Gasteiger charge is -2.08. The average Bonchev–Trinajstić information content (AvgIpc) is 2.44. The summed E-state index contributed by atoms with van der Waals surface area (Å²) >= 11 is 0. The van der Waals surface area contributed by atoms with Crippen molar-refractivity contribution in [3.63, 3.8) is 0 Å². The van der Waals surface area contributed by atoms with E-state index in [0.717, 1.165) is 4.57 Å². The van der Waals surface area contributed by atoms with Crippen LogP contribution in [0.3, 0.4) is 0 Å². The Morgan fingerprint density at radius 3 is 2.65 bits per heavy atom. The number of primary amides is 1. The predicted molar refractivity (Wildman–Crippen MR) is 74.7 cm³/mol. The highest BCUT2D eigenvalue weighted by molar-refractivity contribution is 5.92. The highest BCUT2D eigenvalue weighted by Gasteiger charge is 2.07. The van der Waals surface area contributed by atoms with E-state index < -0.39 is 5.91 Å². The third-order valence-electron chi connectivity index (χ3n) is 3.03. The average molecular weight is 273 g/mol. The normalized spacial score (nSPS) is 10.4. The first kappa shape index (κ1) is 13.8. The van der Waals surface area contributed by atoms with Crippen molar-refractivity contribution in [3.05, 3.63) is 68.5 Å². The fourth-order valence-electron chi connectivity index (χ4n) is 1.95. The van der Waals surface area contributed by atoms with Gasteiger partial charge in [-0.1, -0.05) is 12.1 Å². The van der Waals surface area contributed by atoms with E-state index in [2.05, 4.69) is 0 Å². The van der Waals surface area contributed by atoms with Crippen LogP contribution >= 0.6 is 0 Å². The molecule has 20 heavy (non-hydrogen) atoms. The van der Waals surface area contributed by atoms with Gasteiger partial charge in [-0.05, 0) is 24.6 Å². The number of hydrogen-bond acceptors (Lipinski definition) is 3. The van der Waals surface area contributed by atoms with Crippen molar-refractivity contribution in [1.29, 1.82) is 0 Å². The van der Waals surface area contributed by atoms with Crippen LogP contribution in [0.25, 0.3) is 0 Å². The molecule has 0 aliphatic heterocycles. The van der Waals surface area contributed by atoms with E-state index in [-0.39, 0.29) is 17.8 Å². The van der Waals surface area contributed by atoms with Crippen LogP contribution in [0, 0.1) is 0 Å². The van der Waals surface area contributed by atoms with Crippen LogP contribution in [0.1, 0.15) is 22.8 Å². The van der Waals surface area contributed by atoms with Gasteiger partial charge in [0.15, 0.2) is 0 Å². The van der Waals surface area contributed by atoms with Crippen LogP contribution in [-0.4, -0.2) is 15.0 Å². The van der Waals surface area contributed by atoms with Gasteiger partial charge in [-0.25, -0.2) is 4.79 Å². The fraction of sp³-hybridized carbons (Fsp3) is 0.214. The minimum absolute atomic E-state index is 0.111. The quantitative estimate of drug-likeness (QED) is 0.861. The van der Waals surface area contributed by atoms with Gasteiger partial charge in [0.05, 0.1) is 6.54 Å². The first-order chi connectivity index (χ1) is 9.52. The zero-order chi connectivity index (χ0) is 14.7. The van der Waals surface area contributed by atoms with Crippen LogP contribution in [0.2, 0.25) is 0 Å². The second-order valence-corrected chi connectivity index (χ2v) is 4.37. The van der Waals surface area contributed by atoms with E-state index >= 15 is 0 Å². The maximum atomic E-state index is 12.1. The molecule has 6 heteroatoms. The summed E-state index contributed by atoms with van der Waals surface area (Å²) in [5.41, 5.74) is 5.49. The molecule has 0 radical (unpaired) electrons. The molecule has 0 spiro atoms. The first-order valence-corrected chi connectivity index (χ1v) is 6.22. The molecular formula is C14H15N3O3. The summed E-state index contributed by atoms with van der Waals surface area (Å²) in [5, 5.41) is 0. The third-order valence-corrected chi connectivity index (χ3v) is 3.03. The van der Waals surface area contributed by atoms with Gasteiger partial charge in [-0.3, -0.25) is 14.2 Å². The Balaban J connectivity index is 2.45. The zero-order valence-corrected chi connectivity index (χ0v) is 11.1. The molecule has 0 unspecified atom stereocenters. The third kappa shape index (κ3) is 2.69. The summed E-state index contributed by atoms with van der Waals surface area (Å²) in [5.74, 6) is -0.543. The molecule has 0 aliphatic carbocycles. The standard InChI is InChI=1S/C14H15N3O3/c1-2-16-7-6-12(18)17(14(16)20)9-10-4-3-5-11(8-10)13(15)19/h3-8H,2,9H2,1H3,(H2,15,19). The number of amides is 1. The number of carbonyl (C=O) groups is 1. The Morgan fingerprint density at radius 1 is 1.25 bits per heavy atom. The van der Waals surface area contributed by atoms with Gasteiger partial charge in [0.25, 0.3) is 5.56 Å². The van der Waals surface area contributed by atoms with Crippen molar-refractivity contribution in [3.8, 4) is 0 Å². The van der Waals surface area contributed by atoms with Crippen molar-refractivity contribution in [1.82, 2.24) is 9.13 Å². The first-order valence-electron chi connectivity index (χ1n) is 6.22. The van der Waals surface area contributed by atoms with Crippen molar-refractivity contribution in [2.75, 3.05) is 0 Å². The van der Waals surface area contributed by atoms with Gasteiger partial charge < -0.3 is 10.3 Å². The summed E-state index contributed by atoms with van der Waals surface area (Å²) in [6, 6.07) is 7.92. The number of benzene rings is 1. The van der Waals surface area contributed by atoms with Crippen LogP contribution in [0.5, 0.6) is 0 Å². The van der Waals surface area contributed by atoms with Crippen LogP contribution in [-0.2, 0) is 13.1 Å². The number of rotatable bonds is 4. The monoisotopic (exact) mass is 273 g/mol. The highest BCUT2D eigenvalue weighted by atomic mass is 16.2. The molecule has 2 N–H and O–H groups in total. The fourth-order valence-corrected chi connectivity index (χ4v) is 1.95. The molecule has 1 heterocycles. The molecule has 1 aromatic heterocycles. The van der Waals surface area contributed by atoms with Crippen molar-refractivity contribution in [2.24, 2.45) is 5.73 Å². The molecule has 0 bridgehead atoms. The van der Waals surface area contributed by atoms with Gasteiger partial charge in [0.1, 0.15) is 0 Å². The lowest BCUT2D eigenvalue weighted by Crippen LogP contribution is -2.39. The van der Waals surface area contributed by atoms with Crippen LogP contribution in [0.4, 0.5) is 0 Å².